The average molecular weight is 451 g/mol. The summed E-state index contributed by atoms with van der Waals surface area (Å²) in [6.45, 7) is 4.58. The summed E-state index contributed by atoms with van der Waals surface area (Å²) in [4.78, 5) is 4.94. The molecule has 1 heterocycles. The molecule has 4 rings (SSSR count). The van der Waals surface area contributed by atoms with Gasteiger partial charge in [0.1, 0.15) is 17.2 Å². The van der Waals surface area contributed by atoms with Gasteiger partial charge in [0.2, 0.25) is 0 Å². The molecule has 33 heavy (non-hydrogen) atoms. The van der Waals surface area contributed by atoms with Crippen LogP contribution in [0.2, 0.25) is 0 Å². The monoisotopic (exact) mass is 450 g/mol. The Morgan fingerprint density at radius 1 is 0.879 bits per heavy atom. The van der Waals surface area contributed by atoms with E-state index >= 15 is 0 Å². The van der Waals surface area contributed by atoms with Crippen molar-refractivity contribution < 1.29 is 19.3 Å². The molecule has 176 valence electrons. The lowest BCUT2D eigenvalue weighted by atomic mass is 10.0. The first-order chi connectivity index (χ1) is 16.1. The van der Waals surface area contributed by atoms with Crippen LogP contribution in [0.3, 0.4) is 0 Å². The van der Waals surface area contributed by atoms with Crippen LogP contribution in [-0.2, 0) is 13.1 Å². The number of fused-ring (bicyclic) bond motifs is 1. The molecule has 1 N–H and O–H groups in total. The Balaban J connectivity index is 1.52. The highest BCUT2D eigenvalue weighted by atomic mass is 16.5. The number of nitrogens with zero attached hydrogens (tertiary/aromatic N) is 2. The van der Waals surface area contributed by atoms with E-state index in [1.807, 2.05) is 6.07 Å². The minimum absolute atomic E-state index is 0.175. The van der Waals surface area contributed by atoms with Gasteiger partial charge < -0.3 is 19.3 Å². The number of ether oxygens (including phenoxy) is 3. The molecular weight excluding hydrogens is 416 g/mol. The number of piperazine rings is 1. The minimum atomic E-state index is 0.175. The first-order valence-corrected chi connectivity index (χ1v) is 11.5. The smallest absolute Gasteiger partial charge is 0.123 e. The fourth-order valence-electron chi connectivity index (χ4n) is 4.82. The lowest BCUT2D eigenvalue weighted by Gasteiger charge is -2.41. The number of hydrogen-bond acceptors (Lipinski definition) is 6. The van der Waals surface area contributed by atoms with E-state index in [4.69, 9.17) is 14.2 Å². The standard InChI is InChI=1S/C27H34N2O4/c1-31-23-14-20(15-24(16-23)32-2)17-29-12-11-28(18-22(29)10-13-30)19-26-25-7-5-4-6-21(25)8-9-27(26)33-3/h4-9,14-16,22,30H,10-13,17-19H2,1-3H3/t22-/m1/s1. The second-order valence-electron chi connectivity index (χ2n) is 8.56. The van der Waals surface area contributed by atoms with Crippen molar-refractivity contribution in [2.75, 3.05) is 47.6 Å². The van der Waals surface area contributed by atoms with Gasteiger partial charge in [-0.25, -0.2) is 0 Å². The van der Waals surface area contributed by atoms with Crippen molar-refractivity contribution >= 4 is 10.8 Å². The molecule has 6 nitrogen and oxygen atoms in total. The fourth-order valence-corrected chi connectivity index (χ4v) is 4.82. The van der Waals surface area contributed by atoms with E-state index in [1.54, 1.807) is 21.3 Å². The van der Waals surface area contributed by atoms with Gasteiger partial charge in [-0.3, -0.25) is 9.80 Å². The molecule has 0 radical (unpaired) electrons. The van der Waals surface area contributed by atoms with E-state index in [9.17, 15) is 5.11 Å². The summed E-state index contributed by atoms with van der Waals surface area (Å²) in [7, 11) is 5.09. The highest BCUT2D eigenvalue weighted by molar-refractivity contribution is 5.87. The van der Waals surface area contributed by atoms with Gasteiger partial charge in [0.15, 0.2) is 0 Å². The Morgan fingerprint density at radius 3 is 2.33 bits per heavy atom. The van der Waals surface area contributed by atoms with Crippen molar-refractivity contribution in [3.63, 3.8) is 0 Å². The summed E-state index contributed by atoms with van der Waals surface area (Å²) in [5, 5.41) is 12.2. The number of aliphatic hydroxyl groups excluding tert-OH is 1. The van der Waals surface area contributed by atoms with Gasteiger partial charge in [0, 0.05) is 57.0 Å². The van der Waals surface area contributed by atoms with E-state index in [2.05, 4.69) is 58.3 Å². The van der Waals surface area contributed by atoms with Gasteiger partial charge in [0.05, 0.1) is 21.3 Å². The van der Waals surface area contributed by atoms with E-state index in [0.29, 0.717) is 0 Å². The first-order valence-electron chi connectivity index (χ1n) is 11.5. The summed E-state index contributed by atoms with van der Waals surface area (Å²) < 4.78 is 16.6. The maximum atomic E-state index is 9.76. The maximum Gasteiger partial charge on any atom is 0.123 e. The van der Waals surface area contributed by atoms with Gasteiger partial charge in [-0.2, -0.15) is 0 Å². The number of benzene rings is 3. The van der Waals surface area contributed by atoms with Gasteiger partial charge in [0.25, 0.3) is 0 Å². The molecular formula is C27H34N2O4. The van der Waals surface area contributed by atoms with Crippen molar-refractivity contribution in [3.8, 4) is 17.2 Å². The molecule has 1 fully saturated rings. The topological polar surface area (TPSA) is 54.4 Å². The highest BCUT2D eigenvalue weighted by Crippen LogP contribution is 2.31. The van der Waals surface area contributed by atoms with Crippen molar-refractivity contribution in [2.45, 2.75) is 25.6 Å². The van der Waals surface area contributed by atoms with Gasteiger partial charge in [-0.15, -0.1) is 0 Å². The Kier molecular flexibility index (Phi) is 7.70. The molecule has 0 aromatic heterocycles. The lowest BCUT2D eigenvalue weighted by Crippen LogP contribution is -2.52. The van der Waals surface area contributed by atoms with E-state index in [-0.39, 0.29) is 12.6 Å². The summed E-state index contributed by atoms with van der Waals surface area (Å²) in [6, 6.07) is 18.9. The van der Waals surface area contributed by atoms with Crippen LogP contribution in [0.1, 0.15) is 17.5 Å². The van der Waals surface area contributed by atoms with Crippen molar-refractivity contribution in [3.05, 3.63) is 65.7 Å². The van der Waals surface area contributed by atoms with Crippen molar-refractivity contribution in [2.24, 2.45) is 0 Å². The summed E-state index contributed by atoms with van der Waals surface area (Å²) >= 11 is 0. The van der Waals surface area contributed by atoms with Crippen LogP contribution in [0, 0.1) is 0 Å². The van der Waals surface area contributed by atoms with Crippen molar-refractivity contribution in [1.29, 1.82) is 0 Å². The summed E-state index contributed by atoms with van der Waals surface area (Å²) in [6.07, 6.45) is 0.740. The third kappa shape index (κ3) is 5.41. The molecule has 0 saturated carbocycles. The zero-order chi connectivity index (χ0) is 23.2. The van der Waals surface area contributed by atoms with E-state index < -0.39 is 0 Å². The van der Waals surface area contributed by atoms with Crippen LogP contribution >= 0.6 is 0 Å². The fraction of sp³-hybridized carbons (Fsp3) is 0.407. The van der Waals surface area contributed by atoms with Gasteiger partial charge in [-0.1, -0.05) is 30.3 Å². The van der Waals surface area contributed by atoms with Crippen LogP contribution in [-0.4, -0.2) is 68.5 Å². The molecule has 0 aliphatic carbocycles. The zero-order valence-corrected chi connectivity index (χ0v) is 19.8. The number of hydrogen-bond donors (Lipinski definition) is 1. The quantitative estimate of drug-likeness (QED) is 0.533. The molecule has 3 aromatic carbocycles. The summed E-state index contributed by atoms with van der Waals surface area (Å²) in [5.74, 6) is 2.52. The first kappa shape index (κ1) is 23.4. The second-order valence-corrected chi connectivity index (χ2v) is 8.56. The Labute approximate surface area is 196 Å². The van der Waals surface area contributed by atoms with E-state index in [0.717, 1.165) is 62.0 Å². The SMILES string of the molecule is COc1cc(CN2CCN(Cc3c(OC)ccc4ccccc34)C[C@H]2CCO)cc(OC)c1. The second kappa shape index (κ2) is 10.9. The third-order valence-corrected chi connectivity index (χ3v) is 6.55. The molecule has 0 unspecified atom stereocenters. The molecule has 0 spiro atoms. The predicted octanol–water partition coefficient (Wildman–Crippen LogP) is 3.93. The lowest BCUT2D eigenvalue weighted by molar-refractivity contribution is 0.0497. The molecule has 3 aromatic rings. The molecule has 1 aliphatic rings. The highest BCUT2D eigenvalue weighted by Gasteiger charge is 2.28. The number of rotatable bonds is 9. The van der Waals surface area contributed by atoms with E-state index in [1.165, 1.54) is 16.3 Å². The minimum Gasteiger partial charge on any atom is -0.497 e. The summed E-state index contributed by atoms with van der Waals surface area (Å²) in [5.41, 5.74) is 2.38. The normalized spacial score (nSPS) is 17.3. The van der Waals surface area contributed by atoms with Crippen LogP contribution < -0.4 is 14.2 Å². The number of aliphatic hydroxyl groups is 1. The van der Waals surface area contributed by atoms with Crippen molar-refractivity contribution in [1.82, 2.24) is 9.80 Å². The Morgan fingerprint density at radius 2 is 1.64 bits per heavy atom. The van der Waals surface area contributed by atoms with Crippen LogP contribution in [0.25, 0.3) is 10.8 Å². The molecule has 1 saturated heterocycles. The molecule has 1 aliphatic heterocycles. The average Bonchev–Trinajstić information content (AvgIpc) is 2.85. The molecule has 6 heteroatoms. The molecule has 0 amide bonds. The van der Waals surface area contributed by atoms with Gasteiger partial charge >= 0.3 is 0 Å². The zero-order valence-electron chi connectivity index (χ0n) is 19.8. The molecule has 0 bridgehead atoms. The Hall–Kier alpha value is -2.80. The van der Waals surface area contributed by atoms with Gasteiger partial charge in [-0.05, 0) is 41.0 Å². The third-order valence-electron chi connectivity index (χ3n) is 6.55. The largest absolute Gasteiger partial charge is 0.497 e. The van der Waals surface area contributed by atoms with Crippen LogP contribution in [0.15, 0.2) is 54.6 Å². The Bertz CT molecular complexity index is 1050. The number of methoxy groups -OCH3 is 3. The van der Waals surface area contributed by atoms with Crippen LogP contribution in [0.5, 0.6) is 17.2 Å². The maximum absolute atomic E-state index is 9.76. The predicted molar refractivity (Wildman–Crippen MR) is 131 cm³/mol. The van der Waals surface area contributed by atoms with Crippen LogP contribution in [0.4, 0.5) is 0 Å². The molecule has 1 atom stereocenters.